The van der Waals surface area contributed by atoms with Crippen molar-refractivity contribution >= 4 is 17.7 Å². The minimum Gasteiger partial charge on any atom is -0.486 e. The summed E-state index contributed by atoms with van der Waals surface area (Å²) in [6, 6.07) is 7.16. The Morgan fingerprint density at radius 3 is 2.58 bits per heavy atom. The van der Waals surface area contributed by atoms with Crippen LogP contribution < -0.4 is 14.8 Å². The number of carbonyl (C=O) groups is 1. The van der Waals surface area contributed by atoms with Gasteiger partial charge in [0, 0.05) is 23.5 Å². The lowest BCUT2D eigenvalue weighted by Gasteiger charge is -2.18. The highest BCUT2D eigenvalue weighted by Gasteiger charge is 2.32. The Morgan fingerprint density at radius 1 is 1.15 bits per heavy atom. The molecule has 2 heterocycles. The van der Waals surface area contributed by atoms with Crippen LogP contribution in [-0.4, -0.2) is 24.1 Å². The standard InChI is InChI=1S/C18H15F3N2O3/c1-11-12(2-6-16(22-11)18(19,20)21)3-7-17(24)23-13-4-5-14-15(10-13)26-9-8-25-14/h2-7,10H,8-9H2,1H3,(H,23,24)/b7-3+. The van der Waals surface area contributed by atoms with Crippen LogP contribution in [0, 0.1) is 6.92 Å². The van der Waals surface area contributed by atoms with Crippen molar-refractivity contribution in [1.29, 1.82) is 0 Å². The van der Waals surface area contributed by atoms with Gasteiger partial charge in [-0.2, -0.15) is 13.2 Å². The molecule has 1 N–H and O–H groups in total. The molecule has 1 amide bonds. The third-order valence-corrected chi connectivity index (χ3v) is 3.64. The fourth-order valence-corrected chi connectivity index (χ4v) is 2.38. The number of aryl methyl sites for hydroxylation is 1. The third-order valence-electron chi connectivity index (χ3n) is 3.64. The fourth-order valence-electron chi connectivity index (χ4n) is 2.38. The number of hydrogen-bond donors (Lipinski definition) is 1. The molecule has 1 aromatic carbocycles. The second-order valence-corrected chi connectivity index (χ2v) is 5.55. The molecule has 0 bridgehead atoms. The van der Waals surface area contributed by atoms with Crippen molar-refractivity contribution < 1.29 is 27.4 Å². The molecule has 3 rings (SSSR count). The van der Waals surface area contributed by atoms with Gasteiger partial charge in [0.05, 0.1) is 0 Å². The van der Waals surface area contributed by atoms with E-state index in [4.69, 9.17) is 9.47 Å². The number of amides is 1. The van der Waals surface area contributed by atoms with Gasteiger partial charge >= 0.3 is 6.18 Å². The molecule has 1 aromatic heterocycles. The molecule has 1 aliphatic heterocycles. The summed E-state index contributed by atoms with van der Waals surface area (Å²) in [5, 5.41) is 2.66. The topological polar surface area (TPSA) is 60.5 Å². The SMILES string of the molecule is Cc1nc(C(F)(F)F)ccc1/C=C/C(=O)Nc1ccc2c(c1)OCCO2. The molecule has 8 heteroatoms. The number of anilines is 1. The predicted molar refractivity (Wildman–Crippen MR) is 89.1 cm³/mol. The molecule has 5 nitrogen and oxygen atoms in total. The van der Waals surface area contributed by atoms with Crippen LogP contribution in [0.15, 0.2) is 36.4 Å². The normalized spacial score (nSPS) is 13.7. The Morgan fingerprint density at radius 2 is 1.88 bits per heavy atom. The Labute approximate surface area is 147 Å². The minimum absolute atomic E-state index is 0.184. The summed E-state index contributed by atoms with van der Waals surface area (Å²) in [5.41, 5.74) is 0.164. The van der Waals surface area contributed by atoms with E-state index in [2.05, 4.69) is 10.3 Å². The number of fused-ring (bicyclic) bond motifs is 1. The molecule has 1 aliphatic rings. The zero-order chi connectivity index (χ0) is 18.7. The molecule has 0 aliphatic carbocycles. The van der Waals surface area contributed by atoms with Gasteiger partial charge in [-0.3, -0.25) is 4.79 Å². The quantitative estimate of drug-likeness (QED) is 0.841. The number of hydrogen-bond acceptors (Lipinski definition) is 4. The van der Waals surface area contributed by atoms with Gasteiger partial charge in [0.15, 0.2) is 11.5 Å². The molecule has 0 radical (unpaired) electrons. The van der Waals surface area contributed by atoms with Crippen LogP contribution in [0.1, 0.15) is 17.0 Å². The highest BCUT2D eigenvalue weighted by molar-refractivity contribution is 6.02. The number of ether oxygens (including phenoxy) is 2. The van der Waals surface area contributed by atoms with Crippen molar-refractivity contribution in [2.45, 2.75) is 13.1 Å². The van der Waals surface area contributed by atoms with Crippen LogP contribution in [0.25, 0.3) is 6.08 Å². The predicted octanol–water partition coefficient (Wildman–Crippen LogP) is 3.83. The minimum atomic E-state index is -4.50. The van der Waals surface area contributed by atoms with E-state index in [1.807, 2.05) is 0 Å². The lowest BCUT2D eigenvalue weighted by molar-refractivity contribution is -0.141. The second-order valence-electron chi connectivity index (χ2n) is 5.55. The van der Waals surface area contributed by atoms with Crippen molar-refractivity contribution in [3.63, 3.8) is 0 Å². The van der Waals surface area contributed by atoms with Crippen LogP contribution in [0.5, 0.6) is 11.5 Å². The first-order valence-electron chi connectivity index (χ1n) is 7.76. The first-order chi connectivity index (χ1) is 12.3. The third kappa shape index (κ3) is 4.14. The number of alkyl halides is 3. The molecule has 0 spiro atoms. The van der Waals surface area contributed by atoms with Crippen molar-refractivity contribution in [3.8, 4) is 11.5 Å². The van der Waals surface area contributed by atoms with Crippen molar-refractivity contribution in [2.24, 2.45) is 0 Å². The van der Waals surface area contributed by atoms with Crippen LogP contribution in [0.2, 0.25) is 0 Å². The summed E-state index contributed by atoms with van der Waals surface area (Å²) in [4.78, 5) is 15.5. The Bertz CT molecular complexity index is 863. The molecule has 0 fully saturated rings. The average Bonchev–Trinajstić information content (AvgIpc) is 2.59. The monoisotopic (exact) mass is 364 g/mol. The molecule has 0 unspecified atom stereocenters. The van der Waals surface area contributed by atoms with E-state index >= 15 is 0 Å². The van der Waals surface area contributed by atoms with Crippen molar-refractivity contribution in [1.82, 2.24) is 4.98 Å². The molecular formula is C18H15F3N2O3. The summed E-state index contributed by atoms with van der Waals surface area (Å²) in [5.74, 6) is 0.720. The number of pyridine rings is 1. The van der Waals surface area contributed by atoms with E-state index in [1.165, 1.54) is 25.1 Å². The van der Waals surface area contributed by atoms with E-state index in [1.54, 1.807) is 18.2 Å². The molecular weight excluding hydrogens is 349 g/mol. The van der Waals surface area contributed by atoms with Gasteiger partial charge in [0.1, 0.15) is 18.9 Å². The van der Waals surface area contributed by atoms with Crippen molar-refractivity contribution in [3.05, 3.63) is 53.4 Å². The van der Waals surface area contributed by atoms with Crippen LogP contribution in [0.4, 0.5) is 18.9 Å². The van der Waals surface area contributed by atoms with Gasteiger partial charge < -0.3 is 14.8 Å². The summed E-state index contributed by atoms with van der Waals surface area (Å²) < 4.78 is 48.7. The number of carbonyl (C=O) groups excluding carboxylic acids is 1. The van der Waals surface area contributed by atoms with E-state index in [0.717, 1.165) is 6.07 Å². The number of nitrogens with zero attached hydrogens (tertiary/aromatic N) is 1. The molecule has 136 valence electrons. The summed E-state index contributed by atoms with van der Waals surface area (Å²) in [7, 11) is 0. The zero-order valence-electron chi connectivity index (χ0n) is 13.8. The Hall–Kier alpha value is -3.03. The van der Waals surface area contributed by atoms with Gasteiger partial charge in [-0.15, -0.1) is 0 Å². The number of benzene rings is 1. The summed E-state index contributed by atoms with van der Waals surface area (Å²) in [6.07, 6.45) is -1.85. The van der Waals surface area contributed by atoms with E-state index < -0.39 is 17.8 Å². The highest BCUT2D eigenvalue weighted by atomic mass is 19.4. The summed E-state index contributed by atoms with van der Waals surface area (Å²) >= 11 is 0. The largest absolute Gasteiger partial charge is 0.486 e. The van der Waals surface area contributed by atoms with E-state index in [9.17, 15) is 18.0 Å². The summed E-state index contributed by atoms with van der Waals surface area (Å²) in [6.45, 7) is 2.36. The van der Waals surface area contributed by atoms with E-state index in [-0.39, 0.29) is 5.69 Å². The number of aromatic nitrogens is 1. The lowest BCUT2D eigenvalue weighted by Crippen LogP contribution is -2.16. The van der Waals surface area contributed by atoms with Crippen LogP contribution >= 0.6 is 0 Å². The van der Waals surface area contributed by atoms with Crippen molar-refractivity contribution in [2.75, 3.05) is 18.5 Å². The van der Waals surface area contributed by atoms with Crippen LogP contribution in [-0.2, 0) is 11.0 Å². The maximum absolute atomic E-state index is 12.6. The molecule has 2 aromatic rings. The first kappa shape index (κ1) is 17.8. The highest BCUT2D eigenvalue weighted by Crippen LogP contribution is 2.32. The Balaban J connectivity index is 1.68. The van der Waals surface area contributed by atoms with Gasteiger partial charge in [0.25, 0.3) is 0 Å². The molecule has 26 heavy (non-hydrogen) atoms. The molecule has 0 saturated carbocycles. The van der Waals surface area contributed by atoms with Gasteiger partial charge in [-0.1, -0.05) is 6.07 Å². The number of halogens is 3. The molecule has 0 saturated heterocycles. The fraction of sp³-hybridized carbons (Fsp3) is 0.222. The maximum atomic E-state index is 12.6. The van der Waals surface area contributed by atoms with Gasteiger partial charge in [-0.05, 0) is 36.8 Å². The zero-order valence-corrected chi connectivity index (χ0v) is 13.8. The first-order valence-corrected chi connectivity index (χ1v) is 7.76. The number of nitrogens with one attached hydrogen (secondary N) is 1. The van der Waals surface area contributed by atoms with E-state index in [0.29, 0.717) is 36.0 Å². The maximum Gasteiger partial charge on any atom is 0.433 e. The van der Waals surface area contributed by atoms with Gasteiger partial charge in [-0.25, -0.2) is 4.98 Å². The lowest BCUT2D eigenvalue weighted by atomic mass is 10.1. The molecule has 0 atom stereocenters. The van der Waals surface area contributed by atoms with Crippen LogP contribution in [0.3, 0.4) is 0 Å². The smallest absolute Gasteiger partial charge is 0.433 e. The second kappa shape index (κ2) is 7.07. The van der Waals surface area contributed by atoms with Gasteiger partial charge in [0.2, 0.25) is 5.91 Å². The average molecular weight is 364 g/mol. The number of rotatable bonds is 3. The Kier molecular flexibility index (Phi) is 4.83.